The molecule has 0 spiro atoms. The van der Waals surface area contributed by atoms with Gasteiger partial charge in [-0.25, -0.2) is 9.59 Å². The number of carboxylic acid groups (broad SMARTS) is 1. The van der Waals surface area contributed by atoms with E-state index in [-0.39, 0.29) is 18.2 Å². The van der Waals surface area contributed by atoms with Gasteiger partial charge in [-0.15, -0.1) is 0 Å². The Hall–Kier alpha value is -2.57. The standard InChI is InChI=1S/C15H19N3O4/c1-9(2)13(14(20)21)16-12(19)8-18-11-7-5-4-6-10(11)17(3)15(18)22/h4-7,9,13H,8H2,1-3H3,(H,16,19)(H,20,21). The van der Waals surface area contributed by atoms with Crippen molar-refractivity contribution in [2.75, 3.05) is 0 Å². The Kier molecular flexibility index (Phi) is 4.35. The summed E-state index contributed by atoms with van der Waals surface area (Å²) in [6.45, 7) is 3.21. The fourth-order valence-electron chi connectivity index (χ4n) is 2.39. The third-order valence-electron chi connectivity index (χ3n) is 3.60. The van der Waals surface area contributed by atoms with Gasteiger partial charge in [0.15, 0.2) is 0 Å². The summed E-state index contributed by atoms with van der Waals surface area (Å²) in [6, 6.07) is 6.16. The first-order valence-corrected chi connectivity index (χ1v) is 6.99. The summed E-state index contributed by atoms with van der Waals surface area (Å²) < 4.78 is 2.80. The van der Waals surface area contributed by atoms with Gasteiger partial charge >= 0.3 is 11.7 Å². The van der Waals surface area contributed by atoms with Crippen molar-refractivity contribution in [3.05, 3.63) is 34.7 Å². The molecule has 2 aromatic rings. The van der Waals surface area contributed by atoms with Crippen LogP contribution in [0.5, 0.6) is 0 Å². The van der Waals surface area contributed by atoms with Crippen molar-refractivity contribution in [3.8, 4) is 0 Å². The smallest absolute Gasteiger partial charge is 0.329 e. The number of nitrogens with one attached hydrogen (secondary N) is 1. The average molecular weight is 305 g/mol. The second-order valence-electron chi connectivity index (χ2n) is 5.54. The second-order valence-corrected chi connectivity index (χ2v) is 5.54. The Balaban J connectivity index is 2.28. The highest BCUT2D eigenvalue weighted by atomic mass is 16.4. The van der Waals surface area contributed by atoms with E-state index >= 15 is 0 Å². The van der Waals surface area contributed by atoms with Gasteiger partial charge in [0.2, 0.25) is 5.91 Å². The number of benzene rings is 1. The lowest BCUT2D eigenvalue weighted by atomic mass is 10.1. The zero-order valence-corrected chi connectivity index (χ0v) is 12.7. The van der Waals surface area contributed by atoms with Crippen LogP contribution in [0, 0.1) is 5.92 Å². The molecule has 0 aliphatic heterocycles. The van der Waals surface area contributed by atoms with Crippen LogP contribution in [-0.2, 0) is 23.2 Å². The number of carbonyl (C=O) groups excluding carboxylic acids is 1. The molecule has 1 heterocycles. The number of rotatable bonds is 5. The van der Waals surface area contributed by atoms with E-state index < -0.39 is 17.9 Å². The van der Waals surface area contributed by atoms with Crippen molar-refractivity contribution in [2.24, 2.45) is 13.0 Å². The highest BCUT2D eigenvalue weighted by Crippen LogP contribution is 2.11. The molecule has 0 saturated carbocycles. The minimum absolute atomic E-state index is 0.212. The van der Waals surface area contributed by atoms with Crippen LogP contribution in [-0.4, -0.2) is 32.2 Å². The van der Waals surface area contributed by atoms with E-state index in [9.17, 15) is 14.4 Å². The van der Waals surface area contributed by atoms with Crippen LogP contribution >= 0.6 is 0 Å². The Bertz CT molecular complexity index is 773. The van der Waals surface area contributed by atoms with Crippen LogP contribution in [0.3, 0.4) is 0 Å². The number of hydrogen-bond donors (Lipinski definition) is 2. The van der Waals surface area contributed by atoms with Crippen molar-refractivity contribution >= 4 is 22.9 Å². The molecule has 1 aromatic carbocycles. The molecule has 2 N–H and O–H groups in total. The number of amides is 1. The summed E-state index contributed by atoms with van der Waals surface area (Å²) in [7, 11) is 1.63. The topological polar surface area (TPSA) is 93.3 Å². The maximum Gasteiger partial charge on any atom is 0.329 e. The summed E-state index contributed by atoms with van der Waals surface area (Å²) in [4.78, 5) is 35.4. The lowest BCUT2D eigenvalue weighted by Gasteiger charge is -2.17. The Morgan fingerprint density at radius 3 is 2.36 bits per heavy atom. The Labute approximate surface area is 127 Å². The van der Waals surface area contributed by atoms with Crippen LogP contribution in [0.25, 0.3) is 11.0 Å². The molecule has 1 aromatic heterocycles. The number of fused-ring (bicyclic) bond motifs is 1. The first kappa shape index (κ1) is 15.8. The number of para-hydroxylation sites is 2. The van der Waals surface area contributed by atoms with Gasteiger partial charge in [-0.1, -0.05) is 26.0 Å². The van der Waals surface area contributed by atoms with Gasteiger partial charge in [0, 0.05) is 7.05 Å². The molecule has 0 fully saturated rings. The number of aromatic nitrogens is 2. The number of imidazole rings is 1. The lowest BCUT2D eigenvalue weighted by molar-refractivity contribution is -0.143. The lowest BCUT2D eigenvalue weighted by Crippen LogP contribution is -2.46. The van der Waals surface area contributed by atoms with Crippen molar-refractivity contribution in [2.45, 2.75) is 26.4 Å². The summed E-state index contributed by atoms with van der Waals surface area (Å²) in [5.74, 6) is -1.83. The van der Waals surface area contributed by atoms with Crippen LogP contribution in [0.2, 0.25) is 0 Å². The van der Waals surface area contributed by atoms with E-state index in [2.05, 4.69) is 5.32 Å². The molecule has 0 aliphatic carbocycles. The molecular weight excluding hydrogens is 286 g/mol. The molecule has 1 amide bonds. The Morgan fingerprint density at radius 2 is 1.82 bits per heavy atom. The molecule has 7 nitrogen and oxygen atoms in total. The van der Waals surface area contributed by atoms with Gasteiger partial charge in [0.05, 0.1) is 11.0 Å². The summed E-state index contributed by atoms with van der Waals surface area (Å²) >= 11 is 0. The van der Waals surface area contributed by atoms with Gasteiger partial charge in [-0.2, -0.15) is 0 Å². The zero-order chi connectivity index (χ0) is 16.4. The first-order valence-electron chi connectivity index (χ1n) is 6.99. The average Bonchev–Trinajstić information content (AvgIpc) is 2.70. The molecule has 1 atom stereocenters. The maximum atomic E-state index is 12.2. The van der Waals surface area contributed by atoms with E-state index in [4.69, 9.17) is 5.11 Å². The highest BCUT2D eigenvalue weighted by molar-refractivity contribution is 5.85. The Morgan fingerprint density at radius 1 is 1.23 bits per heavy atom. The van der Waals surface area contributed by atoms with Gasteiger partial charge in [0.25, 0.3) is 0 Å². The minimum atomic E-state index is -1.09. The third-order valence-corrected chi connectivity index (χ3v) is 3.60. The van der Waals surface area contributed by atoms with Crippen LogP contribution in [0.4, 0.5) is 0 Å². The molecule has 22 heavy (non-hydrogen) atoms. The van der Waals surface area contributed by atoms with E-state index in [1.54, 1.807) is 39.1 Å². The fourth-order valence-corrected chi connectivity index (χ4v) is 2.39. The van der Waals surface area contributed by atoms with Crippen LogP contribution in [0.15, 0.2) is 29.1 Å². The summed E-state index contributed by atoms with van der Waals surface area (Å²) in [6.07, 6.45) is 0. The molecule has 7 heteroatoms. The fraction of sp³-hybridized carbons (Fsp3) is 0.400. The molecule has 2 rings (SSSR count). The number of hydrogen-bond acceptors (Lipinski definition) is 3. The summed E-state index contributed by atoms with van der Waals surface area (Å²) in [5.41, 5.74) is 1.05. The van der Waals surface area contributed by atoms with Gasteiger partial charge < -0.3 is 10.4 Å². The van der Waals surface area contributed by atoms with E-state index in [1.807, 2.05) is 6.07 Å². The monoisotopic (exact) mass is 305 g/mol. The molecule has 0 saturated heterocycles. The third kappa shape index (κ3) is 2.88. The zero-order valence-electron chi connectivity index (χ0n) is 12.7. The number of carbonyl (C=O) groups is 2. The van der Waals surface area contributed by atoms with Crippen LogP contribution < -0.4 is 11.0 Å². The molecule has 0 radical (unpaired) electrons. The second kappa shape index (κ2) is 6.05. The quantitative estimate of drug-likeness (QED) is 0.844. The SMILES string of the molecule is CC(C)C(NC(=O)Cn1c(=O)n(C)c2ccccc21)C(=O)O. The number of carboxylic acids is 1. The highest BCUT2D eigenvalue weighted by Gasteiger charge is 2.24. The number of aliphatic carboxylic acids is 1. The molecule has 0 aliphatic rings. The maximum absolute atomic E-state index is 12.2. The van der Waals surface area contributed by atoms with Crippen LogP contribution in [0.1, 0.15) is 13.8 Å². The predicted octanol–water partition coefficient (Wildman–Crippen LogP) is 0.565. The normalized spacial score (nSPS) is 12.5. The van der Waals surface area contributed by atoms with Crippen molar-refractivity contribution < 1.29 is 14.7 Å². The molecular formula is C15H19N3O4. The first-order chi connectivity index (χ1) is 10.3. The summed E-state index contributed by atoms with van der Waals surface area (Å²) in [5, 5.41) is 11.6. The predicted molar refractivity (Wildman–Crippen MR) is 81.6 cm³/mol. The van der Waals surface area contributed by atoms with E-state index in [0.29, 0.717) is 5.52 Å². The minimum Gasteiger partial charge on any atom is -0.480 e. The van der Waals surface area contributed by atoms with Gasteiger partial charge in [0.1, 0.15) is 12.6 Å². The largest absolute Gasteiger partial charge is 0.480 e. The van der Waals surface area contributed by atoms with Crippen molar-refractivity contribution in [1.82, 2.24) is 14.5 Å². The van der Waals surface area contributed by atoms with E-state index in [0.717, 1.165) is 5.52 Å². The molecule has 0 bridgehead atoms. The van der Waals surface area contributed by atoms with Crippen molar-refractivity contribution in [3.63, 3.8) is 0 Å². The van der Waals surface area contributed by atoms with Crippen molar-refractivity contribution in [1.29, 1.82) is 0 Å². The van der Waals surface area contributed by atoms with E-state index in [1.165, 1.54) is 9.13 Å². The molecule has 1 unspecified atom stereocenters. The molecule has 118 valence electrons. The van der Waals surface area contributed by atoms with Gasteiger partial charge in [-0.3, -0.25) is 13.9 Å². The number of nitrogens with zero attached hydrogens (tertiary/aromatic N) is 2. The van der Waals surface area contributed by atoms with Gasteiger partial charge in [-0.05, 0) is 18.1 Å². The number of aryl methyl sites for hydroxylation is 1.